The zero-order valence-corrected chi connectivity index (χ0v) is 20.3. The van der Waals surface area contributed by atoms with E-state index in [1.54, 1.807) is 24.5 Å². The third-order valence-electron chi connectivity index (χ3n) is 5.85. The number of ether oxygens (including phenoxy) is 3. The fourth-order valence-electron chi connectivity index (χ4n) is 3.88. The van der Waals surface area contributed by atoms with Crippen LogP contribution in [0.1, 0.15) is 26.3 Å². The summed E-state index contributed by atoms with van der Waals surface area (Å²) in [5.41, 5.74) is 2.14. The van der Waals surface area contributed by atoms with E-state index < -0.39 is 5.97 Å². The summed E-state index contributed by atoms with van der Waals surface area (Å²) in [6.07, 6.45) is 0. The van der Waals surface area contributed by atoms with Crippen molar-refractivity contribution >= 4 is 28.7 Å². The van der Waals surface area contributed by atoms with E-state index in [1.165, 1.54) is 24.3 Å². The summed E-state index contributed by atoms with van der Waals surface area (Å²) in [5, 5.41) is 11.1. The highest BCUT2D eigenvalue weighted by Gasteiger charge is 2.21. The number of carboxylic acid groups (broad SMARTS) is 1. The molecule has 1 aliphatic heterocycles. The molecule has 0 aliphatic carbocycles. The first-order valence-electron chi connectivity index (χ1n) is 11.2. The van der Waals surface area contributed by atoms with Crippen LogP contribution >= 0.6 is 11.3 Å². The molecule has 1 fully saturated rings. The molecule has 1 aliphatic rings. The number of ketones is 1. The first-order valence-corrected chi connectivity index (χ1v) is 12.1. The number of methoxy groups -OCH3 is 1. The molecule has 0 amide bonds. The number of aromatic carboxylic acids is 1. The van der Waals surface area contributed by atoms with E-state index in [1.807, 2.05) is 23.6 Å². The summed E-state index contributed by atoms with van der Waals surface area (Å²) < 4.78 is 17.2. The van der Waals surface area contributed by atoms with Crippen LogP contribution < -0.4 is 9.47 Å². The van der Waals surface area contributed by atoms with Gasteiger partial charge in [-0.15, -0.1) is 11.3 Å². The van der Waals surface area contributed by atoms with Crippen LogP contribution in [0.15, 0.2) is 60.5 Å². The predicted octanol–water partition coefficient (Wildman–Crippen LogP) is 4.73. The Labute approximate surface area is 208 Å². The number of morpholine rings is 1. The molecule has 8 heteroatoms. The van der Waals surface area contributed by atoms with Gasteiger partial charge in [0.15, 0.2) is 5.78 Å². The Hall–Kier alpha value is -3.46. The van der Waals surface area contributed by atoms with E-state index in [-0.39, 0.29) is 16.9 Å². The molecule has 2 heterocycles. The van der Waals surface area contributed by atoms with Gasteiger partial charge in [0.25, 0.3) is 0 Å². The Morgan fingerprint density at radius 2 is 1.80 bits per heavy atom. The van der Waals surface area contributed by atoms with Crippen LogP contribution in [0.5, 0.6) is 11.5 Å². The van der Waals surface area contributed by atoms with Crippen molar-refractivity contribution in [1.82, 2.24) is 4.90 Å². The van der Waals surface area contributed by atoms with Crippen molar-refractivity contribution in [3.63, 3.8) is 0 Å². The van der Waals surface area contributed by atoms with Gasteiger partial charge in [-0.05, 0) is 29.6 Å². The fraction of sp³-hybridized carbons (Fsp3) is 0.259. The Morgan fingerprint density at radius 3 is 2.43 bits per heavy atom. The Morgan fingerprint density at radius 1 is 1.09 bits per heavy atom. The number of hydrogen-bond acceptors (Lipinski definition) is 7. The lowest BCUT2D eigenvalue weighted by atomic mass is 9.94. The summed E-state index contributed by atoms with van der Waals surface area (Å²) in [6, 6.07) is 13.4. The predicted molar refractivity (Wildman–Crippen MR) is 136 cm³/mol. The van der Waals surface area contributed by atoms with Crippen molar-refractivity contribution in [3.05, 3.63) is 77.2 Å². The molecule has 0 radical (unpaired) electrons. The van der Waals surface area contributed by atoms with E-state index >= 15 is 0 Å². The van der Waals surface area contributed by atoms with Crippen molar-refractivity contribution in [2.24, 2.45) is 0 Å². The molecule has 182 valence electrons. The summed E-state index contributed by atoms with van der Waals surface area (Å²) in [4.78, 5) is 27.7. The SMILES string of the molecule is C=C(C(=O)c1ccc(C(=O)O)cc1)c1cc(-c2cccs2)c(OC)cc1OCCN1CCOCC1. The van der Waals surface area contributed by atoms with Crippen molar-refractivity contribution < 1.29 is 28.9 Å². The largest absolute Gasteiger partial charge is 0.496 e. The van der Waals surface area contributed by atoms with Crippen LogP contribution in [-0.4, -0.2) is 68.3 Å². The van der Waals surface area contributed by atoms with Crippen LogP contribution in [0.25, 0.3) is 16.0 Å². The first kappa shape index (κ1) is 24.7. The van der Waals surface area contributed by atoms with E-state index in [2.05, 4.69) is 11.5 Å². The average Bonchev–Trinajstić information content (AvgIpc) is 3.43. The molecule has 1 saturated heterocycles. The molecule has 0 bridgehead atoms. The highest BCUT2D eigenvalue weighted by atomic mass is 32.1. The number of nitrogens with zero attached hydrogens (tertiary/aromatic N) is 1. The van der Waals surface area contributed by atoms with Crippen molar-refractivity contribution in [2.75, 3.05) is 46.6 Å². The number of thiophene rings is 1. The molecule has 2 aromatic carbocycles. The number of Topliss-reactive ketones (excluding diaryl/α,β-unsaturated/α-hetero) is 1. The molecule has 1 aromatic heterocycles. The monoisotopic (exact) mass is 493 g/mol. The molecule has 35 heavy (non-hydrogen) atoms. The number of benzene rings is 2. The molecule has 0 atom stereocenters. The van der Waals surface area contributed by atoms with E-state index in [4.69, 9.17) is 19.3 Å². The zero-order chi connectivity index (χ0) is 24.8. The maximum Gasteiger partial charge on any atom is 0.335 e. The molecule has 0 spiro atoms. The van der Waals surface area contributed by atoms with Gasteiger partial charge in [-0.3, -0.25) is 9.69 Å². The summed E-state index contributed by atoms with van der Waals surface area (Å²) in [7, 11) is 1.60. The summed E-state index contributed by atoms with van der Waals surface area (Å²) >= 11 is 1.57. The lowest BCUT2D eigenvalue weighted by Crippen LogP contribution is -2.38. The van der Waals surface area contributed by atoms with E-state index in [0.717, 1.165) is 30.1 Å². The first-order chi connectivity index (χ1) is 17.0. The number of carbonyl (C=O) groups is 2. The second-order valence-corrected chi connectivity index (χ2v) is 8.97. The van der Waals surface area contributed by atoms with Gasteiger partial charge in [0, 0.05) is 52.8 Å². The van der Waals surface area contributed by atoms with Crippen LogP contribution in [-0.2, 0) is 4.74 Å². The van der Waals surface area contributed by atoms with Gasteiger partial charge in [-0.2, -0.15) is 0 Å². The van der Waals surface area contributed by atoms with Gasteiger partial charge in [0.1, 0.15) is 18.1 Å². The van der Waals surface area contributed by atoms with Gasteiger partial charge in [0.05, 0.1) is 25.9 Å². The second kappa shape index (κ2) is 11.3. The van der Waals surface area contributed by atoms with Gasteiger partial charge in [-0.25, -0.2) is 4.79 Å². The Balaban J connectivity index is 1.64. The maximum absolute atomic E-state index is 13.3. The van der Waals surface area contributed by atoms with Crippen LogP contribution in [0.2, 0.25) is 0 Å². The number of carboxylic acids is 1. The molecular weight excluding hydrogens is 466 g/mol. The third kappa shape index (κ3) is 5.79. The number of carbonyl (C=O) groups excluding carboxylic acids is 1. The molecule has 4 rings (SSSR count). The molecule has 7 nitrogen and oxygen atoms in total. The van der Waals surface area contributed by atoms with Crippen LogP contribution in [0.4, 0.5) is 0 Å². The highest BCUT2D eigenvalue weighted by Crippen LogP contribution is 2.41. The average molecular weight is 494 g/mol. The van der Waals surface area contributed by atoms with Gasteiger partial charge < -0.3 is 19.3 Å². The third-order valence-corrected chi connectivity index (χ3v) is 6.75. The van der Waals surface area contributed by atoms with Gasteiger partial charge in [0.2, 0.25) is 0 Å². The summed E-state index contributed by atoms with van der Waals surface area (Å²) in [6.45, 7) is 8.38. The van der Waals surface area contributed by atoms with Crippen molar-refractivity contribution in [3.8, 4) is 21.9 Å². The van der Waals surface area contributed by atoms with Crippen molar-refractivity contribution in [1.29, 1.82) is 0 Å². The lowest BCUT2D eigenvalue weighted by Gasteiger charge is -2.26. The van der Waals surface area contributed by atoms with E-state index in [0.29, 0.717) is 42.4 Å². The second-order valence-electron chi connectivity index (χ2n) is 8.02. The quantitative estimate of drug-likeness (QED) is 0.323. The molecule has 0 unspecified atom stereocenters. The molecule has 0 saturated carbocycles. The van der Waals surface area contributed by atoms with Crippen molar-refractivity contribution in [2.45, 2.75) is 0 Å². The van der Waals surface area contributed by atoms with Crippen LogP contribution in [0, 0.1) is 0 Å². The Bertz CT molecular complexity index is 1200. The standard InChI is InChI=1S/C27H27NO6S/c1-18(26(29)19-5-7-20(8-6-19)27(30)31)21-16-22(25-4-3-15-35-25)23(32-2)17-24(21)34-14-11-28-9-12-33-13-10-28/h3-8,15-17H,1,9-14H2,2H3,(H,30,31). The Kier molecular flexibility index (Phi) is 7.97. The smallest absolute Gasteiger partial charge is 0.335 e. The minimum absolute atomic E-state index is 0.115. The lowest BCUT2D eigenvalue weighted by molar-refractivity contribution is 0.0322. The molecular formula is C27H27NO6S. The zero-order valence-electron chi connectivity index (χ0n) is 19.5. The maximum atomic E-state index is 13.3. The fourth-order valence-corrected chi connectivity index (χ4v) is 4.63. The highest BCUT2D eigenvalue weighted by molar-refractivity contribution is 7.13. The minimum Gasteiger partial charge on any atom is -0.496 e. The van der Waals surface area contributed by atoms with Crippen LogP contribution in [0.3, 0.4) is 0 Å². The minimum atomic E-state index is -1.05. The molecule has 1 N–H and O–H groups in total. The normalized spacial score (nSPS) is 13.9. The van der Waals surface area contributed by atoms with Gasteiger partial charge in [-0.1, -0.05) is 24.8 Å². The number of hydrogen-bond donors (Lipinski definition) is 1. The van der Waals surface area contributed by atoms with Gasteiger partial charge >= 0.3 is 5.97 Å². The number of allylic oxidation sites excluding steroid dienone is 1. The molecule has 3 aromatic rings. The topological polar surface area (TPSA) is 85.3 Å². The number of rotatable bonds is 10. The summed E-state index contributed by atoms with van der Waals surface area (Å²) in [5.74, 6) is -0.198. The van der Waals surface area contributed by atoms with E-state index in [9.17, 15) is 9.59 Å².